The van der Waals surface area contributed by atoms with Gasteiger partial charge in [0.25, 0.3) is 0 Å². The number of carbonyl (C=O) groups excluding carboxylic acids is 1. The minimum absolute atomic E-state index is 0.144. The minimum Gasteiger partial charge on any atom is -0.463 e. The Hall–Kier alpha value is -1.73. The molecule has 7 heteroatoms. The molecule has 2 aliphatic heterocycles. The standard InChI is InChI=1S/C17H25N3O4/c1-22-8-5-15(21)20-12-17(13-20)11-14(4-10-24-17)3-9-23-16-18-6-2-7-19-16/h2,6-7,14H,3-5,8-13H2,1H3/t14-/m0/s1. The van der Waals surface area contributed by atoms with Crippen LogP contribution < -0.4 is 4.74 Å². The summed E-state index contributed by atoms with van der Waals surface area (Å²) >= 11 is 0. The van der Waals surface area contributed by atoms with Gasteiger partial charge < -0.3 is 19.1 Å². The van der Waals surface area contributed by atoms with E-state index in [1.807, 2.05) is 4.90 Å². The van der Waals surface area contributed by atoms with Crippen LogP contribution >= 0.6 is 0 Å². The van der Waals surface area contributed by atoms with E-state index in [4.69, 9.17) is 14.2 Å². The maximum atomic E-state index is 12.0. The van der Waals surface area contributed by atoms with Crippen molar-refractivity contribution in [2.45, 2.75) is 31.3 Å². The molecule has 2 saturated heterocycles. The summed E-state index contributed by atoms with van der Waals surface area (Å²) < 4.78 is 16.5. The van der Waals surface area contributed by atoms with Crippen molar-refractivity contribution >= 4 is 5.91 Å². The van der Waals surface area contributed by atoms with Crippen LogP contribution in [0, 0.1) is 5.92 Å². The molecule has 0 N–H and O–H groups in total. The van der Waals surface area contributed by atoms with Crippen molar-refractivity contribution < 1.29 is 19.0 Å². The number of ether oxygens (including phenoxy) is 3. The van der Waals surface area contributed by atoms with Gasteiger partial charge in [-0.05, 0) is 31.2 Å². The quantitative estimate of drug-likeness (QED) is 0.747. The van der Waals surface area contributed by atoms with Crippen molar-refractivity contribution in [3.05, 3.63) is 18.5 Å². The number of carbonyl (C=O) groups is 1. The van der Waals surface area contributed by atoms with Gasteiger partial charge >= 0.3 is 6.01 Å². The van der Waals surface area contributed by atoms with Gasteiger partial charge in [0.1, 0.15) is 5.60 Å². The van der Waals surface area contributed by atoms with Gasteiger partial charge in [-0.15, -0.1) is 0 Å². The molecular weight excluding hydrogens is 310 g/mol. The number of likely N-dealkylation sites (tertiary alicyclic amines) is 1. The second-order valence-electron chi connectivity index (χ2n) is 6.55. The fourth-order valence-electron chi connectivity index (χ4n) is 3.45. The molecule has 0 saturated carbocycles. The van der Waals surface area contributed by atoms with Gasteiger partial charge in [0.15, 0.2) is 0 Å². The van der Waals surface area contributed by atoms with E-state index in [0.717, 1.165) is 25.9 Å². The maximum Gasteiger partial charge on any atom is 0.316 e. The van der Waals surface area contributed by atoms with Crippen molar-refractivity contribution in [1.82, 2.24) is 14.9 Å². The van der Waals surface area contributed by atoms with Crippen LogP contribution in [-0.2, 0) is 14.3 Å². The predicted molar refractivity (Wildman–Crippen MR) is 86.6 cm³/mol. The van der Waals surface area contributed by atoms with E-state index >= 15 is 0 Å². The van der Waals surface area contributed by atoms with Gasteiger partial charge in [0.05, 0.1) is 32.7 Å². The highest BCUT2D eigenvalue weighted by molar-refractivity contribution is 5.77. The molecule has 0 radical (unpaired) electrons. The molecule has 132 valence electrons. The molecule has 1 atom stereocenters. The Bertz CT molecular complexity index is 534. The summed E-state index contributed by atoms with van der Waals surface area (Å²) in [5.41, 5.74) is -0.144. The highest BCUT2D eigenvalue weighted by Gasteiger charge is 2.48. The van der Waals surface area contributed by atoms with E-state index < -0.39 is 0 Å². The van der Waals surface area contributed by atoms with E-state index in [0.29, 0.717) is 44.7 Å². The average Bonchev–Trinajstić information content (AvgIpc) is 2.58. The number of nitrogens with zero attached hydrogens (tertiary/aromatic N) is 3. The average molecular weight is 335 g/mol. The van der Waals surface area contributed by atoms with E-state index in [1.165, 1.54) is 0 Å². The Balaban J connectivity index is 1.40. The van der Waals surface area contributed by atoms with Crippen molar-refractivity contribution in [2.75, 3.05) is 40.0 Å². The second kappa shape index (κ2) is 7.90. The molecule has 2 aliphatic rings. The summed E-state index contributed by atoms with van der Waals surface area (Å²) in [5.74, 6) is 0.705. The summed E-state index contributed by atoms with van der Waals surface area (Å²) in [6.45, 7) is 3.25. The molecule has 0 unspecified atom stereocenters. The molecule has 3 rings (SSSR count). The monoisotopic (exact) mass is 335 g/mol. The number of methoxy groups -OCH3 is 1. The Morgan fingerprint density at radius 2 is 2.17 bits per heavy atom. The zero-order valence-corrected chi connectivity index (χ0v) is 14.1. The Labute approximate surface area is 142 Å². The molecule has 1 amide bonds. The lowest BCUT2D eigenvalue weighted by atomic mass is 9.79. The number of amides is 1. The third-order valence-electron chi connectivity index (χ3n) is 4.73. The van der Waals surface area contributed by atoms with Gasteiger partial charge in [0, 0.05) is 26.1 Å². The summed E-state index contributed by atoms with van der Waals surface area (Å²) in [5, 5.41) is 0. The molecule has 0 bridgehead atoms. The topological polar surface area (TPSA) is 73.8 Å². The van der Waals surface area contributed by atoms with Gasteiger partial charge in [-0.2, -0.15) is 0 Å². The third-order valence-corrected chi connectivity index (χ3v) is 4.73. The predicted octanol–water partition coefficient (Wildman–Crippen LogP) is 1.29. The van der Waals surface area contributed by atoms with E-state index in [-0.39, 0.29) is 11.5 Å². The fraction of sp³-hybridized carbons (Fsp3) is 0.706. The van der Waals surface area contributed by atoms with Gasteiger partial charge in [-0.3, -0.25) is 4.79 Å². The molecular formula is C17H25N3O4. The zero-order valence-electron chi connectivity index (χ0n) is 14.1. The van der Waals surface area contributed by atoms with Gasteiger partial charge in [-0.25, -0.2) is 9.97 Å². The Kier molecular flexibility index (Phi) is 5.63. The first-order chi connectivity index (χ1) is 11.7. The summed E-state index contributed by atoms with van der Waals surface area (Å²) in [4.78, 5) is 22.0. The summed E-state index contributed by atoms with van der Waals surface area (Å²) in [6.07, 6.45) is 6.78. The first-order valence-corrected chi connectivity index (χ1v) is 8.51. The smallest absolute Gasteiger partial charge is 0.316 e. The number of hydrogen-bond acceptors (Lipinski definition) is 6. The van der Waals surface area contributed by atoms with Crippen molar-refractivity contribution in [2.24, 2.45) is 5.92 Å². The SMILES string of the molecule is COCCC(=O)N1CC2(C[C@@H](CCOc3ncccn3)CCO2)C1. The van der Waals surface area contributed by atoms with Crippen LogP contribution in [0.4, 0.5) is 0 Å². The minimum atomic E-state index is -0.144. The fourth-order valence-corrected chi connectivity index (χ4v) is 3.45. The number of aromatic nitrogens is 2. The lowest BCUT2D eigenvalue weighted by Gasteiger charge is -2.53. The second-order valence-corrected chi connectivity index (χ2v) is 6.55. The van der Waals surface area contributed by atoms with Crippen LogP contribution in [0.3, 0.4) is 0 Å². The highest BCUT2D eigenvalue weighted by Crippen LogP contribution is 2.38. The van der Waals surface area contributed by atoms with E-state index in [2.05, 4.69) is 9.97 Å². The zero-order chi connectivity index (χ0) is 16.8. The van der Waals surface area contributed by atoms with Crippen LogP contribution in [0.2, 0.25) is 0 Å². The normalized spacial score (nSPS) is 22.2. The molecule has 3 heterocycles. The van der Waals surface area contributed by atoms with Crippen molar-refractivity contribution in [3.8, 4) is 6.01 Å². The molecule has 0 aromatic carbocycles. The molecule has 1 spiro atoms. The van der Waals surface area contributed by atoms with Crippen LogP contribution in [0.5, 0.6) is 6.01 Å². The van der Waals surface area contributed by atoms with Gasteiger partial charge in [0.2, 0.25) is 5.91 Å². The lowest BCUT2D eigenvalue weighted by molar-refractivity contribution is -0.189. The van der Waals surface area contributed by atoms with Crippen molar-refractivity contribution in [3.63, 3.8) is 0 Å². The van der Waals surface area contributed by atoms with Gasteiger partial charge in [-0.1, -0.05) is 0 Å². The van der Waals surface area contributed by atoms with Crippen LogP contribution in [0.15, 0.2) is 18.5 Å². The van der Waals surface area contributed by atoms with Crippen LogP contribution in [-0.4, -0.2) is 66.4 Å². The molecule has 24 heavy (non-hydrogen) atoms. The largest absolute Gasteiger partial charge is 0.463 e. The lowest BCUT2D eigenvalue weighted by Crippen LogP contribution is -2.66. The molecule has 2 fully saturated rings. The Morgan fingerprint density at radius 3 is 2.92 bits per heavy atom. The highest BCUT2D eigenvalue weighted by atomic mass is 16.5. The van der Waals surface area contributed by atoms with E-state index in [1.54, 1.807) is 25.6 Å². The molecule has 7 nitrogen and oxygen atoms in total. The van der Waals surface area contributed by atoms with E-state index in [9.17, 15) is 4.79 Å². The first-order valence-electron chi connectivity index (χ1n) is 8.51. The maximum absolute atomic E-state index is 12.0. The van der Waals surface area contributed by atoms with Crippen LogP contribution in [0.25, 0.3) is 0 Å². The summed E-state index contributed by atoms with van der Waals surface area (Å²) in [7, 11) is 1.61. The molecule has 0 aliphatic carbocycles. The molecule has 1 aromatic heterocycles. The first kappa shape index (κ1) is 17.1. The van der Waals surface area contributed by atoms with Crippen LogP contribution in [0.1, 0.15) is 25.7 Å². The molecule has 1 aromatic rings. The van der Waals surface area contributed by atoms with Crippen molar-refractivity contribution in [1.29, 1.82) is 0 Å². The summed E-state index contributed by atoms with van der Waals surface area (Å²) in [6, 6.07) is 2.20. The third kappa shape index (κ3) is 4.21. The Morgan fingerprint density at radius 1 is 1.38 bits per heavy atom. The number of rotatable bonds is 7. The number of hydrogen-bond donors (Lipinski definition) is 0.